The largest absolute Gasteiger partial charge is 0.494 e. The SMILES string of the molecule is Cc1ccc(F)c(N=Cc2c(O)[nH]c(=S)[nH]c2=O)c1. The summed E-state index contributed by atoms with van der Waals surface area (Å²) in [5.41, 5.74) is 0.202. The molecule has 0 saturated heterocycles. The number of aliphatic imine (C=N–C) groups is 1. The summed E-state index contributed by atoms with van der Waals surface area (Å²) < 4.78 is 13.5. The zero-order valence-corrected chi connectivity index (χ0v) is 10.7. The lowest BCUT2D eigenvalue weighted by atomic mass is 10.2. The van der Waals surface area contributed by atoms with Crippen LogP contribution in [-0.2, 0) is 0 Å². The molecule has 3 N–H and O–H groups in total. The molecule has 0 bridgehead atoms. The Labute approximate surface area is 112 Å². The Morgan fingerprint density at radius 1 is 1.42 bits per heavy atom. The lowest BCUT2D eigenvalue weighted by Gasteiger charge is -1.99. The molecule has 2 aromatic rings. The van der Waals surface area contributed by atoms with Crippen LogP contribution >= 0.6 is 12.2 Å². The molecule has 2 rings (SSSR count). The van der Waals surface area contributed by atoms with Gasteiger partial charge in [0.1, 0.15) is 11.4 Å². The fraction of sp³-hybridized carbons (Fsp3) is 0.0833. The number of nitrogens with zero attached hydrogens (tertiary/aromatic N) is 1. The molecule has 0 saturated carbocycles. The number of nitrogens with one attached hydrogen (secondary N) is 2. The molecule has 98 valence electrons. The Morgan fingerprint density at radius 2 is 2.16 bits per heavy atom. The predicted molar refractivity (Wildman–Crippen MR) is 72.3 cm³/mol. The van der Waals surface area contributed by atoms with Crippen LogP contribution in [0.15, 0.2) is 28.0 Å². The maximum absolute atomic E-state index is 13.5. The average Bonchev–Trinajstić information content (AvgIpc) is 2.32. The van der Waals surface area contributed by atoms with Crippen LogP contribution in [-0.4, -0.2) is 21.3 Å². The van der Waals surface area contributed by atoms with Gasteiger partial charge in [-0.2, -0.15) is 0 Å². The van der Waals surface area contributed by atoms with Gasteiger partial charge < -0.3 is 10.1 Å². The number of rotatable bonds is 2. The number of benzene rings is 1. The van der Waals surface area contributed by atoms with Crippen LogP contribution in [0.3, 0.4) is 0 Å². The number of hydrogen-bond donors (Lipinski definition) is 3. The summed E-state index contributed by atoms with van der Waals surface area (Å²) in [4.78, 5) is 20.1. The van der Waals surface area contributed by atoms with E-state index in [-0.39, 0.29) is 16.0 Å². The number of aromatic hydroxyl groups is 1. The summed E-state index contributed by atoms with van der Waals surface area (Å²) in [6.45, 7) is 1.79. The Balaban J connectivity index is 2.46. The summed E-state index contributed by atoms with van der Waals surface area (Å²) in [5.74, 6) is -0.924. The molecule has 1 aromatic heterocycles. The first-order valence-corrected chi connectivity index (χ1v) is 5.74. The van der Waals surface area contributed by atoms with Gasteiger partial charge in [-0.1, -0.05) is 6.07 Å². The first kappa shape index (κ1) is 13.2. The van der Waals surface area contributed by atoms with Gasteiger partial charge in [-0.25, -0.2) is 4.39 Å². The van der Waals surface area contributed by atoms with E-state index in [1.807, 2.05) is 0 Å². The summed E-state index contributed by atoms with van der Waals surface area (Å²) in [6, 6.07) is 4.42. The molecule has 0 atom stereocenters. The van der Waals surface area contributed by atoms with Crippen LogP contribution in [0.25, 0.3) is 0 Å². The number of aromatic amines is 2. The van der Waals surface area contributed by atoms with Gasteiger partial charge in [0.25, 0.3) is 5.56 Å². The molecule has 0 aliphatic heterocycles. The highest BCUT2D eigenvalue weighted by Crippen LogP contribution is 2.19. The molecule has 0 unspecified atom stereocenters. The van der Waals surface area contributed by atoms with Crippen LogP contribution in [0.1, 0.15) is 11.1 Å². The first-order valence-electron chi connectivity index (χ1n) is 5.33. The Kier molecular flexibility index (Phi) is 3.57. The molecule has 1 heterocycles. The van der Waals surface area contributed by atoms with Gasteiger partial charge in [0.05, 0.1) is 5.69 Å². The van der Waals surface area contributed by atoms with Crippen LogP contribution < -0.4 is 5.56 Å². The van der Waals surface area contributed by atoms with Crippen molar-refractivity contribution in [3.8, 4) is 5.88 Å². The van der Waals surface area contributed by atoms with Gasteiger partial charge in [-0.05, 0) is 36.8 Å². The highest BCUT2D eigenvalue weighted by molar-refractivity contribution is 7.71. The van der Waals surface area contributed by atoms with E-state index in [0.29, 0.717) is 0 Å². The molecule has 19 heavy (non-hydrogen) atoms. The van der Waals surface area contributed by atoms with E-state index in [1.165, 1.54) is 12.1 Å². The average molecular weight is 279 g/mol. The Bertz CT molecular complexity index is 764. The van der Waals surface area contributed by atoms with Crippen molar-refractivity contribution in [2.75, 3.05) is 0 Å². The van der Waals surface area contributed by atoms with E-state index < -0.39 is 17.3 Å². The number of halogens is 1. The molecule has 0 spiro atoms. The van der Waals surface area contributed by atoms with Gasteiger partial charge in [0.2, 0.25) is 5.88 Å². The van der Waals surface area contributed by atoms with Gasteiger partial charge in [0, 0.05) is 6.21 Å². The molecule has 0 radical (unpaired) electrons. The predicted octanol–water partition coefficient (Wildman–Crippen LogP) is 2.34. The molecule has 0 aliphatic carbocycles. The van der Waals surface area contributed by atoms with Gasteiger partial charge >= 0.3 is 0 Å². The molecule has 1 aromatic carbocycles. The lowest BCUT2D eigenvalue weighted by molar-refractivity contribution is 0.449. The minimum absolute atomic E-state index is 0.00128. The zero-order valence-electron chi connectivity index (χ0n) is 9.90. The molecule has 0 fully saturated rings. The highest BCUT2D eigenvalue weighted by Gasteiger charge is 2.05. The first-order chi connectivity index (χ1) is 8.97. The minimum Gasteiger partial charge on any atom is -0.494 e. The van der Waals surface area contributed by atoms with Crippen molar-refractivity contribution < 1.29 is 9.50 Å². The molecule has 7 heteroatoms. The normalized spacial score (nSPS) is 11.1. The van der Waals surface area contributed by atoms with Crippen LogP contribution in [0.5, 0.6) is 5.88 Å². The molecular weight excluding hydrogens is 269 g/mol. The minimum atomic E-state index is -0.599. The van der Waals surface area contributed by atoms with Gasteiger partial charge in [0.15, 0.2) is 4.77 Å². The van der Waals surface area contributed by atoms with Crippen molar-refractivity contribution in [2.24, 2.45) is 4.99 Å². The molecule has 0 amide bonds. The smallest absolute Gasteiger partial charge is 0.264 e. The second-order valence-corrected chi connectivity index (χ2v) is 4.29. The Morgan fingerprint density at radius 3 is 2.84 bits per heavy atom. The van der Waals surface area contributed by atoms with Crippen molar-refractivity contribution in [3.05, 3.63) is 50.3 Å². The fourth-order valence-electron chi connectivity index (χ4n) is 1.46. The van der Waals surface area contributed by atoms with E-state index in [1.54, 1.807) is 13.0 Å². The van der Waals surface area contributed by atoms with Gasteiger partial charge in [-0.3, -0.25) is 14.8 Å². The number of aryl methyl sites for hydroxylation is 1. The third-order valence-electron chi connectivity index (χ3n) is 2.39. The maximum atomic E-state index is 13.5. The van der Waals surface area contributed by atoms with Crippen molar-refractivity contribution in [1.82, 2.24) is 9.97 Å². The van der Waals surface area contributed by atoms with Crippen molar-refractivity contribution >= 4 is 24.1 Å². The third-order valence-corrected chi connectivity index (χ3v) is 2.60. The summed E-state index contributed by atoms with van der Waals surface area (Å²) in [6.07, 6.45) is 1.08. The van der Waals surface area contributed by atoms with E-state index in [2.05, 4.69) is 27.2 Å². The number of hydrogen-bond acceptors (Lipinski definition) is 4. The van der Waals surface area contributed by atoms with Crippen LogP contribution in [0.2, 0.25) is 0 Å². The van der Waals surface area contributed by atoms with E-state index in [0.717, 1.165) is 11.8 Å². The van der Waals surface area contributed by atoms with Crippen molar-refractivity contribution in [2.45, 2.75) is 6.92 Å². The van der Waals surface area contributed by atoms with Crippen molar-refractivity contribution in [3.63, 3.8) is 0 Å². The topological polar surface area (TPSA) is 81.2 Å². The fourth-order valence-corrected chi connectivity index (χ4v) is 1.65. The molecular formula is C12H10FN3O2S. The number of aromatic nitrogens is 2. The quantitative estimate of drug-likeness (QED) is 0.583. The standard InChI is InChI=1S/C12H10FN3O2S/c1-6-2-3-8(13)9(4-6)14-5-7-10(17)15-12(19)16-11(7)18/h2-5H,1H3,(H3,15,16,17,18,19). The van der Waals surface area contributed by atoms with E-state index in [4.69, 9.17) is 0 Å². The highest BCUT2D eigenvalue weighted by atomic mass is 32.1. The monoisotopic (exact) mass is 279 g/mol. The summed E-state index contributed by atoms with van der Waals surface area (Å²) in [5, 5.41) is 9.55. The zero-order chi connectivity index (χ0) is 14.0. The second kappa shape index (κ2) is 5.15. The molecule has 5 nitrogen and oxygen atoms in total. The van der Waals surface area contributed by atoms with Gasteiger partial charge in [-0.15, -0.1) is 0 Å². The van der Waals surface area contributed by atoms with Crippen molar-refractivity contribution in [1.29, 1.82) is 0 Å². The molecule has 0 aliphatic rings. The Hall–Kier alpha value is -2.28. The third kappa shape index (κ3) is 2.94. The summed E-state index contributed by atoms with van der Waals surface area (Å²) in [7, 11) is 0. The second-order valence-electron chi connectivity index (χ2n) is 3.88. The number of H-pyrrole nitrogens is 2. The van der Waals surface area contributed by atoms with E-state index in [9.17, 15) is 14.3 Å². The maximum Gasteiger partial charge on any atom is 0.264 e. The lowest BCUT2D eigenvalue weighted by Crippen LogP contribution is -2.13. The van der Waals surface area contributed by atoms with Crippen LogP contribution in [0, 0.1) is 17.5 Å². The summed E-state index contributed by atoms with van der Waals surface area (Å²) >= 11 is 4.69. The van der Waals surface area contributed by atoms with E-state index >= 15 is 0 Å². The van der Waals surface area contributed by atoms with Crippen LogP contribution in [0.4, 0.5) is 10.1 Å².